The lowest BCUT2D eigenvalue weighted by molar-refractivity contribution is -0.167. The quantitative estimate of drug-likeness (QED) is 0.240. The van der Waals surface area contributed by atoms with Crippen molar-refractivity contribution in [3.63, 3.8) is 0 Å². The van der Waals surface area contributed by atoms with Crippen LogP contribution in [0, 0.1) is 0 Å². The third-order valence-electron chi connectivity index (χ3n) is 0.678. The lowest BCUT2D eigenvalue weighted by Crippen LogP contribution is -2.20. The standard InChI is InChI=1S/C5H8O5/c1-4(7)5(8)10-3-9-2-6/h2,4,7H,3H2,1H3. The fourth-order valence-electron chi connectivity index (χ4n) is 0.240. The number of rotatable bonds is 4. The number of aliphatic hydroxyl groups excluding tert-OH is 1. The summed E-state index contributed by atoms with van der Waals surface area (Å²) < 4.78 is 8.22. The number of carbonyl (C=O) groups excluding carboxylic acids is 2. The van der Waals surface area contributed by atoms with Gasteiger partial charge in [0.25, 0.3) is 6.47 Å². The van der Waals surface area contributed by atoms with Gasteiger partial charge in [-0.2, -0.15) is 0 Å². The maximum Gasteiger partial charge on any atom is 0.337 e. The van der Waals surface area contributed by atoms with Crippen LogP contribution in [0.2, 0.25) is 0 Å². The first kappa shape index (κ1) is 8.90. The lowest BCUT2D eigenvalue weighted by Gasteiger charge is -2.03. The molecule has 10 heavy (non-hydrogen) atoms. The minimum absolute atomic E-state index is 0.148. The Morgan fingerprint density at radius 1 is 1.80 bits per heavy atom. The van der Waals surface area contributed by atoms with Gasteiger partial charge in [0.15, 0.2) is 0 Å². The molecule has 0 aromatic rings. The highest BCUT2D eigenvalue weighted by molar-refractivity contribution is 5.73. The molecule has 5 nitrogen and oxygen atoms in total. The average molecular weight is 148 g/mol. The highest BCUT2D eigenvalue weighted by Crippen LogP contribution is 1.85. The van der Waals surface area contributed by atoms with Crippen LogP contribution in [0.1, 0.15) is 6.92 Å². The van der Waals surface area contributed by atoms with Crippen molar-refractivity contribution in [1.29, 1.82) is 0 Å². The third-order valence-corrected chi connectivity index (χ3v) is 0.678. The van der Waals surface area contributed by atoms with Crippen molar-refractivity contribution < 1.29 is 24.2 Å². The highest BCUT2D eigenvalue weighted by Gasteiger charge is 2.08. The summed E-state index contributed by atoms with van der Waals surface area (Å²) in [6, 6.07) is 0. The Balaban J connectivity index is 3.30. The molecule has 0 saturated heterocycles. The van der Waals surface area contributed by atoms with E-state index in [1.54, 1.807) is 0 Å². The molecule has 0 aliphatic heterocycles. The summed E-state index contributed by atoms with van der Waals surface area (Å²) in [5.41, 5.74) is 0. The number of hydrogen-bond acceptors (Lipinski definition) is 5. The third kappa shape index (κ3) is 3.85. The van der Waals surface area contributed by atoms with Gasteiger partial charge in [-0.25, -0.2) is 4.79 Å². The van der Waals surface area contributed by atoms with Gasteiger partial charge in [0, 0.05) is 0 Å². The minimum atomic E-state index is -1.18. The van der Waals surface area contributed by atoms with Crippen LogP contribution in [-0.4, -0.2) is 30.4 Å². The zero-order valence-electron chi connectivity index (χ0n) is 5.44. The zero-order valence-corrected chi connectivity index (χ0v) is 5.44. The summed E-state index contributed by atoms with van der Waals surface area (Å²) in [4.78, 5) is 19.8. The maximum atomic E-state index is 10.3. The maximum absolute atomic E-state index is 10.3. The molecule has 1 atom stereocenters. The van der Waals surface area contributed by atoms with E-state index in [-0.39, 0.29) is 6.47 Å². The van der Waals surface area contributed by atoms with Gasteiger partial charge in [0.1, 0.15) is 6.10 Å². The number of ether oxygens (including phenoxy) is 2. The van der Waals surface area contributed by atoms with E-state index in [1.807, 2.05) is 0 Å². The molecule has 0 amide bonds. The Morgan fingerprint density at radius 2 is 2.40 bits per heavy atom. The summed E-state index contributed by atoms with van der Waals surface area (Å²) in [6.07, 6.45) is -1.18. The van der Waals surface area contributed by atoms with Crippen molar-refractivity contribution in [3.8, 4) is 0 Å². The average Bonchev–Trinajstić information content (AvgIpc) is 1.88. The van der Waals surface area contributed by atoms with Crippen molar-refractivity contribution in [2.24, 2.45) is 0 Å². The van der Waals surface area contributed by atoms with Gasteiger partial charge in [0.05, 0.1) is 0 Å². The van der Waals surface area contributed by atoms with E-state index in [0.717, 1.165) is 0 Å². The second kappa shape index (κ2) is 4.75. The van der Waals surface area contributed by atoms with E-state index in [4.69, 9.17) is 5.11 Å². The Hall–Kier alpha value is -1.10. The van der Waals surface area contributed by atoms with Crippen LogP contribution in [0.5, 0.6) is 0 Å². The fourth-order valence-corrected chi connectivity index (χ4v) is 0.240. The lowest BCUT2D eigenvalue weighted by atomic mass is 10.4. The normalized spacial score (nSPS) is 11.8. The number of hydrogen-bond donors (Lipinski definition) is 1. The molecule has 0 saturated carbocycles. The predicted molar refractivity (Wildman–Crippen MR) is 29.8 cm³/mol. The summed E-state index contributed by atoms with van der Waals surface area (Å²) in [7, 11) is 0. The van der Waals surface area contributed by atoms with Gasteiger partial charge in [-0.3, -0.25) is 4.79 Å². The zero-order chi connectivity index (χ0) is 7.98. The SMILES string of the molecule is CC(O)C(=O)OCOC=O. The Kier molecular flexibility index (Phi) is 4.23. The predicted octanol–water partition coefficient (Wildman–Crippen LogP) is -0.959. The van der Waals surface area contributed by atoms with E-state index in [0.29, 0.717) is 0 Å². The molecule has 0 bridgehead atoms. The smallest absolute Gasteiger partial charge is 0.337 e. The molecule has 0 aromatic carbocycles. The van der Waals surface area contributed by atoms with E-state index in [2.05, 4.69) is 9.47 Å². The Labute approximate surface area is 57.5 Å². The van der Waals surface area contributed by atoms with Crippen LogP contribution in [0.3, 0.4) is 0 Å². The number of aliphatic hydroxyl groups is 1. The largest absolute Gasteiger partial charge is 0.430 e. The monoisotopic (exact) mass is 148 g/mol. The Morgan fingerprint density at radius 3 is 2.80 bits per heavy atom. The summed E-state index contributed by atoms with van der Waals surface area (Å²) in [6.45, 7) is 0.950. The second-order valence-electron chi connectivity index (χ2n) is 1.52. The molecule has 5 heteroatoms. The molecule has 0 aromatic heterocycles. The molecular weight excluding hydrogens is 140 g/mol. The molecule has 0 fully saturated rings. The molecule has 0 radical (unpaired) electrons. The van der Waals surface area contributed by atoms with Gasteiger partial charge in [0.2, 0.25) is 6.79 Å². The van der Waals surface area contributed by atoms with Crippen LogP contribution in [0.4, 0.5) is 0 Å². The van der Waals surface area contributed by atoms with Gasteiger partial charge in [-0.15, -0.1) is 0 Å². The van der Waals surface area contributed by atoms with Crippen LogP contribution in [-0.2, 0) is 19.1 Å². The van der Waals surface area contributed by atoms with Crippen LogP contribution in [0.15, 0.2) is 0 Å². The molecule has 0 spiro atoms. The molecule has 58 valence electrons. The topological polar surface area (TPSA) is 72.8 Å². The minimum Gasteiger partial charge on any atom is -0.430 e. The van der Waals surface area contributed by atoms with E-state index < -0.39 is 18.9 Å². The van der Waals surface area contributed by atoms with Gasteiger partial charge in [-0.1, -0.05) is 0 Å². The van der Waals surface area contributed by atoms with Crippen molar-refractivity contribution in [3.05, 3.63) is 0 Å². The molecule has 1 unspecified atom stereocenters. The first-order valence-corrected chi connectivity index (χ1v) is 2.58. The van der Waals surface area contributed by atoms with Crippen LogP contribution < -0.4 is 0 Å². The van der Waals surface area contributed by atoms with Crippen molar-refractivity contribution in [2.75, 3.05) is 6.79 Å². The number of esters is 1. The van der Waals surface area contributed by atoms with Crippen molar-refractivity contribution in [2.45, 2.75) is 13.0 Å². The Bertz CT molecular complexity index is 119. The first-order chi connectivity index (χ1) is 4.68. The van der Waals surface area contributed by atoms with E-state index in [1.165, 1.54) is 6.92 Å². The molecule has 0 aliphatic carbocycles. The van der Waals surface area contributed by atoms with Gasteiger partial charge in [-0.05, 0) is 6.92 Å². The molecule has 0 heterocycles. The number of carbonyl (C=O) groups is 2. The summed E-state index contributed by atoms with van der Waals surface area (Å²) in [5.74, 6) is -0.818. The summed E-state index contributed by atoms with van der Waals surface area (Å²) in [5, 5.41) is 8.50. The molecular formula is C5H8O5. The second-order valence-corrected chi connectivity index (χ2v) is 1.52. The summed E-state index contributed by atoms with van der Waals surface area (Å²) >= 11 is 0. The van der Waals surface area contributed by atoms with E-state index >= 15 is 0 Å². The fraction of sp³-hybridized carbons (Fsp3) is 0.600. The van der Waals surface area contributed by atoms with E-state index in [9.17, 15) is 9.59 Å². The highest BCUT2D eigenvalue weighted by atomic mass is 16.7. The van der Waals surface area contributed by atoms with Gasteiger partial charge < -0.3 is 14.6 Å². The molecule has 1 N–H and O–H groups in total. The van der Waals surface area contributed by atoms with Gasteiger partial charge >= 0.3 is 5.97 Å². The van der Waals surface area contributed by atoms with Crippen molar-refractivity contribution >= 4 is 12.4 Å². The molecule has 0 rings (SSSR count). The van der Waals surface area contributed by atoms with Crippen molar-refractivity contribution in [1.82, 2.24) is 0 Å². The van der Waals surface area contributed by atoms with Crippen LogP contribution in [0.25, 0.3) is 0 Å². The first-order valence-electron chi connectivity index (χ1n) is 2.58. The van der Waals surface area contributed by atoms with Crippen LogP contribution >= 0.6 is 0 Å². The molecule has 0 aliphatic rings.